The van der Waals surface area contributed by atoms with E-state index >= 15 is 0 Å². The second-order valence-corrected chi connectivity index (χ2v) is 4.38. The minimum atomic E-state index is 0. The fourth-order valence-electron chi connectivity index (χ4n) is 2.01. The number of nitrogens with zero attached hydrogens (tertiary/aromatic N) is 2. The van der Waals surface area contributed by atoms with E-state index in [9.17, 15) is 0 Å². The van der Waals surface area contributed by atoms with Crippen molar-refractivity contribution in [2.45, 2.75) is 18.8 Å². The van der Waals surface area contributed by atoms with Gasteiger partial charge in [0.25, 0.3) is 0 Å². The van der Waals surface area contributed by atoms with Crippen molar-refractivity contribution in [1.29, 1.82) is 0 Å². The molecule has 17 heavy (non-hydrogen) atoms. The Morgan fingerprint density at radius 2 is 2.06 bits per heavy atom. The lowest BCUT2D eigenvalue weighted by Gasteiger charge is -2.22. The highest BCUT2D eigenvalue weighted by atomic mass is 35.5. The average Bonchev–Trinajstić information content (AvgIpc) is 2.30. The summed E-state index contributed by atoms with van der Waals surface area (Å²) in [7, 11) is 4.08. The van der Waals surface area contributed by atoms with E-state index in [1.54, 1.807) is 0 Å². The molecule has 1 aliphatic rings. The molecule has 0 aromatic carbocycles. The summed E-state index contributed by atoms with van der Waals surface area (Å²) < 4.78 is 0. The fourth-order valence-corrected chi connectivity index (χ4v) is 2.01. The summed E-state index contributed by atoms with van der Waals surface area (Å²) >= 11 is 0. The quantitative estimate of drug-likeness (QED) is 0.900. The van der Waals surface area contributed by atoms with Crippen LogP contribution >= 0.6 is 24.8 Å². The van der Waals surface area contributed by atoms with Gasteiger partial charge in [-0.1, -0.05) is 0 Å². The number of piperidine rings is 1. The molecular weight excluding hydrogens is 257 g/mol. The van der Waals surface area contributed by atoms with E-state index in [1.807, 2.05) is 20.3 Å². The predicted octanol–water partition coefficient (Wildman–Crippen LogP) is 2.46. The van der Waals surface area contributed by atoms with Crippen LogP contribution in [0.1, 0.15) is 24.5 Å². The Morgan fingerprint density at radius 1 is 1.29 bits per heavy atom. The van der Waals surface area contributed by atoms with Crippen LogP contribution in [0.5, 0.6) is 0 Å². The van der Waals surface area contributed by atoms with Crippen LogP contribution in [0.4, 0.5) is 5.69 Å². The van der Waals surface area contributed by atoms with Gasteiger partial charge in [0.15, 0.2) is 0 Å². The fraction of sp³-hybridized carbons (Fsp3) is 0.583. The first-order chi connectivity index (χ1) is 7.27. The normalized spacial score (nSPS) is 18.8. The molecule has 5 heteroatoms. The maximum Gasteiger partial charge on any atom is 0.0547 e. The molecule has 0 bridgehead atoms. The Labute approximate surface area is 116 Å². The van der Waals surface area contributed by atoms with Gasteiger partial charge in [0.05, 0.1) is 11.9 Å². The monoisotopic (exact) mass is 277 g/mol. The van der Waals surface area contributed by atoms with Crippen molar-refractivity contribution in [3.8, 4) is 0 Å². The molecule has 1 unspecified atom stereocenters. The number of anilines is 1. The van der Waals surface area contributed by atoms with E-state index in [0.717, 1.165) is 13.1 Å². The topological polar surface area (TPSA) is 28.2 Å². The van der Waals surface area contributed by atoms with Crippen LogP contribution in [0.3, 0.4) is 0 Å². The third-order valence-electron chi connectivity index (χ3n) is 3.00. The summed E-state index contributed by atoms with van der Waals surface area (Å²) in [6.07, 6.45) is 4.49. The molecular formula is C12H21Cl2N3. The number of halogens is 2. The highest BCUT2D eigenvalue weighted by Gasteiger charge is 2.15. The maximum absolute atomic E-state index is 4.54. The van der Waals surface area contributed by atoms with Crippen LogP contribution < -0.4 is 10.2 Å². The first-order valence-electron chi connectivity index (χ1n) is 5.61. The molecule has 0 spiro atoms. The van der Waals surface area contributed by atoms with E-state index in [0.29, 0.717) is 5.92 Å². The average molecular weight is 278 g/mol. The highest BCUT2D eigenvalue weighted by molar-refractivity contribution is 5.85. The Kier molecular flexibility index (Phi) is 7.51. The van der Waals surface area contributed by atoms with Crippen molar-refractivity contribution >= 4 is 30.5 Å². The Balaban J connectivity index is 0.00000128. The van der Waals surface area contributed by atoms with Crippen LogP contribution in [0, 0.1) is 0 Å². The third-order valence-corrected chi connectivity index (χ3v) is 3.00. The Morgan fingerprint density at radius 3 is 2.53 bits per heavy atom. The van der Waals surface area contributed by atoms with E-state index < -0.39 is 0 Å². The molecule has 0 saturated carbocycles. The van der Waals surface area contributed by atoms with Gasteiger partial charge < -0.3 is 10.2 Å². The summed E-state index contributed by atoms with van der Waals surface area (Å²) in [5.41, 5.74) is 2.40. The summed E-state index contributed by atoms with van der Waals surface area (Å²) in [5, 5.41) is 3.42. The van der Waals surface area contributed by atoms with Gasteiger partial charge in [0, 0.05) is 32.3 Å². The molecule has 1 aromatic heterocycles. The molecule has 1 aromatic rings. The Bertz CT molecular complexity index is 308. The van der Waals surface area contributed by atoms with Crippen molar-refractivity contribution in [2.24, 2.45) is 0 Å². The molecule has 0 amide bonds. The molecule has 0 radical (unpaired) electrons. The van der Waals surface area contributed by atoms with Crippen molar-refractivity contribution in [2.75, 3.05) is 32.1 Å². The number of hydrogen-bond acceptors (Lipinski definition) is 3. The zero-order chi connectivity index (χ0) is 10.7. The standard InChI is InChI=1S/C12H19N3.2ClH/c1-15(2)11-5-6-12(14-9-11)10-4-3-7-13-8-10;;/h5-6,9-10,13H,3-4,7-8H2,1-2H3;2*1H. The predicted molar refractivity (Wildman–Crippen MR) is 77.9 cm³/mol. The minimum absolute atomic E-state index is 0. The van der Waals surface area contributed by atoms with Crippen LogP contribution in [0.25, 0.3) is 0 Å². The molecule has 1 atom stereocenters. The lowest BCUT2D eigenvalue weighted by atomic mass is 9.96. The molecule has 3 nitrogen and oxygen atoms in total. The zero-order valence-electron chi connectivity index (χ0n) is 10.3. The second-order valence-electron chi connectivity index (χ2n) is 4.38. The lowest BCUT2D eigenvalue weighted by molar-refractivity contribution is 0.455. The Hall–Kier alpha value is -0.510. The van der Waals surface area contributed by atoms with Gasteiger partial charge in [-0.15, -0.1) is 24.8 Å². The molecule has 98 valence electrons. The van der Waals surface area contributed by atoms with Crippen molar-refractivity contribution in [3.05, 3.63) is 24.0 Å². The summed E-state index contributed by atoms with van der Waals surface area (Å²) in [6.45, 7) is 2.24. The summed E-state index contributed by atoms with van der Waals surface area (Å²) in [4.78, 5) is 6.62. The van der Waals surface area contributed by atoms with Crippen LogP contribution in [-0.4, -0.2) is 32.2 Å². The molecule has 1 saturated heterocycles. The highest BCUT2D eigenvalue weighted by Crippen LogP contribution is 2.22. The minimum Gasteiger partial charge on any atom is -0.376 e. The van der Waals surface area contributed by atoms with Gasteiger partial charge in [-0.2, -0.15) is 0 Å². The number of rotatable bonds is 2. The molecule has 0 aliphatic carbocycles. The SMILES string of the molecule is CN(C)c1ccc(C2CCCNC2)nc1.Cl.Cl. The van der Waals surface area contributed by atoms with Crippen molar-refractivity contribution < 1.29 is 0 Å². The summed E-state index contributed by atoms with van der Waals surface area (Å²) in [6, 6.07) is 4.31. The van der Waals surface area contributed by atoms with Crippen LogP contribution in [-0.2, 0) is 0 Å². The van der Waals surface area contributed by atoms with Gasteiger partial charge in [0.2, 0.25) is 0 Å². The lowest BCUT2D eigenvalue weighted by Crippen LogP contribution is -2.28. The van der Waals surface area contributed by atoms with Gasteiger partial charge in [-0.25, -0.2) is 0 Å². The number of aromatic nitrogens is 1. The van der Waals surface area contributed by atoms with Gasteiger partial charge in [-0.3, -0.25) is 4.98 Å². The number of nitrogens with one attached hydrogen (secondary N) is 1. The maximum atomic E-state index is 4.54. The largest absolute Gasteiger partial charge is 0.376 e. The molecule has 2 rings (SSSR count). The van der Waals surface area contributed by atoms with E-state index in [2.05, 4.69) is 27.3 Å². The van der Waals surface area contributed by atoms with Crippen molar-refractivity contribution in [3.63, 3.8) is 0 Å². The van der Waals surface area contributed by atoms with Crippen LogP contribution in [0.15, 0.2) is 18.3 Å². The summed E-state index contributed by atoms with van der Waals surface area (Å²) in [5.74, 6) is 0.606. The van der Waals surface area contributed by atoms with E-state index in [1.165, 1.54) is 24.2 Å². The molecule has 1 aliphatic heterocycles. The zero-order valence-corrected chi connectivity index (χ0v) is 12.0. The molecule has 1 N–H and O–H groups in total. The van der Waals surface area contributed by atoms with Crippen LogP contribution in [0.2, 0.25) is 0 Å². The number of pyridine rings is 1. The molecule has 1 fully saturated rings. The smallest absolute Gasteiger partial charge is 0.0547 e. The van der Waals surface area contributed by atoms with Gasteiger partial charge in [-0.05, 0) is 31.5 Å². The third kappa shape index (κ3) is 4.34. The van der Waals surface area contributed by atoms with Gasteiger partial charge in [0.1, 0.15) is 0 Å². The second kappa shape index (κ2) is 7.75. The first kappa shape index (κ1) is 16.5. The number of hydrogen-bond donors (Lipinski definition) is 1. The van der Waals surface area contributed by atoms with Crippen molar-refractivity contribution in [1.82, 2.24) is 10.3 Å². The van der Waals surface area contributed by atoms with Gasteiger partial charge >= 0.3 is 0 Å². The van der Waals surface area contributed by atoms with E-state index in [4.69, 9.17) is 0 Å². The molecule has 2 heterocycles. The van der Waals surface area contributed by atoms with E-state index in [-0.39, 0.29) is 24.8 Å². The first-order valence-corrected chi connectivity index (χ1v) is 5.61.